The summed E-state index contributed by atoms with van der Waals surface area (Å²) in [6.45, 7) is 2.54. The number of amides is 2. The Morgan fingerprint density at radius 1 is 1.19 bits per heavy atom. The Morgan fingerprint density at radius 2 is 1.92 bits per heavy atom. The zero-order valence-corrected chi connectivity index (χ0v) is 27.1. The van der Waals surface area contributed by atoms with Crippen LogP contribution < -0.4 is 37.9 Å². The largest absolute Gasteiger partial charge is 0.494 e. The number of aromatic nitrogens is 3. The fourth-order valence-corrected chi connectivity index (χ4v) is 4.91. The summed E-state index contributed by atoms with van der Waals surface area (Å²) in [6, 6.07) is 7.83. The molecule has 17 heteroatoms. The van der Waals surface area contributed by atoms with Crippen molar-refractivity contribution >= 4 is 53.0 Å². The number of hydrogen-bond donors (Lipinski definition) is 7. The molecule has 2 aromatic carbocycles. The van der Waals surface area contributed by atoms with Crippen LogP contribution in [0.5, 0.6) is 5.75 Å². The average Bonchev–Trinajstić information content (AvgIpc) is 3.51. The Morgan fingerprint density at radius 3 is 2.60 bits per heavy atom. The van der Waals surface area contributed by atoms with Crippen LogP contribution in [0, 0.1) is 5.82 Å². The highest BCUT2D eigenvalue weighted by Crippen LogP contribution is 2.35. The van der Waals surface area contributed by atoms with Gasteiger partial charge in [-0.3, -0.25) is 23.8 Å². The lowest BCUT2D eigenvalue weighted by molar-refractivity contribution is -0.123. The molecule has 48 heavy (non-hydrogen) atoms. The molecule has 0 unspecified atom stereocenters. The predicted octanol–water partition coefficient (Wildman–Crippen LogP) is 2.43. The molecule has 0 spiro atoms. The van der Waals surface area contributed by atoms with E-state index in [4.69, 9.17) is 43.4 Å². The lowest BCUT2D eigenvalue weighted by Crippen LogP contribution is -2.43. The van der Waals surface area contributed by atoms with Gasteiger partial charge in [-0.1, -0.05) is 18.5 Å². The van der Waals surface area contributed by atoms with E-state index in [1.165, 1.54) is 13.2 Å². The summed E-state index contributed by atoms with van der Waals surface area (Å²) in [6.07, 6.45) is 6.48. The highest BCUT2D eigenvalue weighted by molar-refractivity contribution is 6.33. The summed E-state index contributed by atoms with van der Waals surface area (Å²) in [5.41, 5.74) is 20.0. The molecule has 0 aliphatic carbocycles. The smallest absolute Gasteiger partial charge is 0.290 e. The molecule has 0 bridgehead atoms. The number of carbonyl (C=O) groups excluding carboxylic acids is 2. The van der Waals surface area contributed by atoms with Crippen LogP contribution in [0.1, 0.15) is 35.7 Å². The normalized spacial score (nSPS) is 11.1. The van der Waals surface area contributed by atoms with E-state index in [-0.39, 0.29) is 48.1 Å². The van der Waals surface area contributed by atoms with Gasteiger partial charge >= 0.3 is 0 Å². The Hall–Kier alpha value is -5.48. The highest BCUT2D eigenvalue weighted by Gasteiger charge is 2.19. The molecular weight excluding hydrogens is 647 g/mol. The van der Waals surface area contributed by atoms with E-state index in [0.29, 0.717) is 59.8 Å². The number of nitrogens with two attached hydrogens (primary N) is 3. The van der Waals surface area contributed by atoms with Gasteiger partial charge in [-0.15, -0.1) is 0 Å². The van der Waals surface area contributed by atoms with Gasteiger partial charge in [0.25, 0.3) is 12.4 Å². The molecule has 2 heterocycles. The number of hydrogen-bond acceptors (Lipinski definition) is 9. The maximum atomic E-state index is 14.6. The number of nitrogens with zero attached hydrogens (tertiary/aromatic N) is 4. The van der Waals surface area contributed by atoms with E-state index in [2.05, 4.69) is 30.9 Å². The average molecular weight is 685 g/mol. The van der Waals surface area contributed by atoms with Gasteiger partial charge in [0.05, 0.1) is 30.1 Å². The molecule has 0 aliphatic rings. The predicted molar refractivity (Wildman–Crippen MR) is 181 cm³/mol. The van der Waals surface area contributed by atoms with Gasteiger partial charge in [0.1, 0.15) is 0 Å². The number of ether oxygens (including phenoxy) is 1. The van der Waals surface area contributed by atoms with Crippen molar-refractivity contribution in [1.82, 2.24) is 25.0 Å². The molecule has 15 nitrogen and oxygen atoms in total. The summed E-state index contributed by atoms with van der Waals surface area (Å²) >= 11 is 6.31. The van der Waals surface area contributed by atoms with E-state index < -0.39 is 11.9 Å². The number of benzene rings is 2. The lowest BCUT2D eigenvalue weighted by Gasteiger charge is -2.14. The van der Waals surface area contributed by atoms with Crippen LogP contribution >= 0.6 is 11.6 Å². The first-order valence-corrected chi connectivity index (χ1v) is 15.1. The molecule has 4 aromatic rings. The molecular formula is C31H38ClFN10O5. The lowest BCUT2D eigenvalue weighted by atomic mass is 10.0. The van der Waals surface area contributed by atoms with Crippen molar-refractivity contribution in [3.05, 3.63) is 70.9 Å². The van der Waals surface area contributed by atoms with Crippen molar-refractivity contribution in [3.63, 3.8) is 0 Å². The zero-order valence-electron chi connectivity index (χ0n) is 26.4. The van der Waals surface area contributed by atoms with Crippen molar-refractivity contribution in [1.29, 1.82) is 0 Å². The third-order valence-electron chi connectivity index (χ3n) is 6.98. The van der Waals surface area contributed by atoms with Gasteiger partial charge in [0.15, 0.2) is 29.0 Å². The standard InChI is InChI=1S/C30H36ClFN10O3.CH2O2/c1-3-17-15-18(6-7-19(17)28(43)37-11-12-38-29(44)21(33)5-4-10-39-30(34)35)41-26-27-40-16-22(42(27)14-13-36-26)20-8-9-23(45-2)25(32)24(20)31;2-1-3/h6-9,13-16,21H,3-5,10-12,33H2,1-2H3,(H,36,41)(H,37,43)(H,38,44)(H4,34,35,39);1H,(H,2,3)/t21-;/m1./s1. The first-order valence-electron chi connectivity index (χ1n) is 14.7. The number of carboxylic acid groups (broad SMARTS) is 1. The first kappa shape index (κ1) is 37.0. The molecule has 2 aromatic heterocycles. The zero-order chi connectivity index (χ0) is 35.2. The Kier molecular flexibility index (Phi) is 13.9. The van der Waals surface area contributed by atoms with E-state index in [1.54, 1.807) is 41.2 Å². The number of anilines is 2. The molecule has 256 valence electrons. The van der Waals surface area contributed by atoms with Crippen LogP contribution in [0.2, 0.25) is 5.02 Å². The van der Waals surface area contributed by atoms with Crippen LogP contribution in [0.3, 0.4) is 0 Å². The Balaban J connectivity index is 0.00000201. The number of nitrogens with one attached hydrogen (secondary N) is 3. The summed E-state index contributed by atoms with van der Waals surface area (Å²) in [5.74, 6) is -0.738. The van der Waals surface area contributed by atoms with Crippen molar-refractivity contribution in [2.45, 2.75) is 32.2 Å². The molecule has 2 amide bonds. The second-order valence-corrected chi connectivity index (χ2v) is 10.5. The van der Waals surface area contributed by atoms with Gasteiger partial charge < -0.3 is 43.0 Å². The second-order valence-electron chi connectivity index (χ2n) is 10.1. The van der Waals surface area contributed by atoms with E-state index in [1.807, 2.05) is 13.0 Å². The minimum atomic E-state index is -0.696. The second kappa shape index (κ2) is 18.0. The number of methoxy groups -OCH3 is 1. The monoisotopic (exact) mass is 684 g/mol. The number of fused-ring (bicyclic) bond motifs is 1. The van der Waals surface area contributed by atoms with Crippen molar-refractivity contribution < 1.29 is 28.6 Å². The molecule has 0 fully saturated rings. The van der Waals surface area contributed by atoms with Crippen LogP contribution in [0.15, 0.2) is 53.9 Å². The molecule has 4 rings (SSSR count). The number of guanidine groups is 1. The van der Waals surface area contributed by atoms with E-state index >= 15 is 0 Å². The van der Waals surface area contributed by atoms with Crippen LogP contribution in [0.4, 0.5) is 15.9 Å². The van der Waals surface area contributed by atoms with Crippen LogP contribution in [0.25, 0.3) is 16.9 Å². The van der Waals surface area contributed by atoms with Crippen molar-refractivity contribution in [2.75, 3.05) is 32.1 Å². The third kappa shape index (κ3) is 9.52. The molecule has 0 aliphatic heterocycles. The van der Waals surface area contributed by atoms with Gasteiger partial charge in [-0.05, 0) is 55.2 Å². The topological polar surface area (TPSA) is 237 Å². The first-order chi connectivity index (χ1) is 23.1. The maximum absolute atomic E-state index is 14.6. The number of aliphatic imine (C=N–C) groups is 1. The van der Waals surface area contributed by atoms with Crippen LogP contribution in [-0.2, 0) is 16.0 Å². The SMILES string of the molecule is CCc1cc(Nc2nccn3c(-c4ccc(OC)c(F)c4Cl)cnc23)ccc1C(=O)NCCNC(=O)[C@H](N)CCCN=C(N)N.O=CO. The van der Waals surface area contributed by atoms with E-state index in [9.17, 15) is 14.0 Å². The van der Waals surface area contributed by atoms with Gasteiger partial charge in [-0.2, -0.15) is 0 Å². The highest BCUT2D eigenvalue weighted by atomic mass is 35.5. The van der Waals surface area contributed by atoms with Gasteiger partial charge in [0, 0.05) is 48.8 Å². The molecule has 0 saturated heterocycles. The number of aryl methyl sites for hydroxylation is 1. The fourth-order valence-electron chi connectivity index (χ4n) is 4.65. The summed E-state index contributed by atoms with van der Waals surface area (Å²) in [7, 11) is 1.37. The number of carbonyl (C=O) groups is 3. The fraction of sp³-hybridized carbons (Fsp3) is 0.290. The van der Waals surface area contributed by atoms with Gasteiger partial charge in [0.2, 0.25) is 5.91 Å². The summed E-state index contributed by atoms with van der Waals surface area (Å²) in [4.78, 5) is 46.3. The number of halogens is 2. The van der Waals surface area contributed by atoms with Crippen LogP contribution in [-0.4, -0.2) is 76.5 Å². The molecule has 1 atom stereocenters. The summed E-state index contributed by atoms with van der Waals surface area (Å²) < 4.78 is 21.4. The molecule has 0 saturated carbocycles. The van der Waals surface area contributed by atoms with Crippen molar-refractivity contribution in [3.8, 4) is 17.0 Å². The van der Waals surface area contributed by atoms with Crippen molar-refractivity contribution in [2.24, 2.45) is 22.2 Å². The Bertz CT molecular complexity index is 1760. The minimum Gasteiger partial charge on any atom is -0.494 e. The van der Waals surface area contributed by atoms with E-state index in [0.717, 1.165) is 5.56 Å². The third-order valence-corrected chi connectivity index (χ3v) is 7.35. The molecule has 10 N–H and O–H groups in total. The number of imidazole rings is 1. The minimum absolute atomic E-state index is 0.00424. The number of rotatable bonds is 14. The molecule has 0 radical (unpaired) electrons. The summed E-state index contributed by atoms with van der Waals surface area (Å²) in [5, 5.41) is 15.6. The quantitative estimate of drug-likeness (QED) is 0.0441. The van der Waals surface area contributed by atoms with Gasteiger partial charge in [-0.25, -0.2) is 14.4 Å². The maximum Gasteiger partial charge on any atom is 0.290 e. The Labute approximate surface area is 280 Å².